The van der Waals surface area contributed by atoms with Crippen molar-refractivity contribution in [1.82, 2.24) is 10.6 Å². The third-order valence-corrected chi connectivity index (χ3v) is 4.84. The number of ether oxygens (including phenoxy) is 2. The number of carbonyl (C=O) groups is 1. The van der Waals surface area contributed by atoms with Gasteiger partial charge >= 0.3 is 5.97 Å². The highest BCUT2D eigenvalue weighted by Gasteiger charge is 2.27. The van der Waals surface area contributed by atoms with Crippen molar-refractivity contribution in [3.8, 4) is 5.75 Å². The van der Waals surface area contributed by atoms with Crippen LogP contribution in [0, 0.1) is 5.92 Å². The number of hydrogen-bond acceptors (Lipinski definition) is 4. The lowest BCUT2D eigenvalue weighted by Crippen LogP contribution is -2.45. The van der Waals surface area contributed by atoms with E-state index in [9.17, 15) is 4.79 Å². The molecule has 1 fully saturated rings. The summed E-state index contributed by atoms with van der Waals surface area (Å²) < 4.78 is 10.5. The van der Waals surface area contributed by atoms with Gasteiger partial charge in [-0.05, 0) is 44.7 Å². The second-order valence-corrected chi connectivity index (χ2v) is 6.76. The molecule has 2 rings (SSSR count). The van der Waals surface area contributed by atoms with E-state index in [4.69, 9.17) is 21.1 Å². The van der Waals surface area contributed by atoms with Crippen molar-refractivity contribution in [2.75, 3.05) is 20.8 Å². The number of benzene rings is 1. The normalized spacial score (nSPS) is 19.6. The van der Waals surface area contributed by atoms with Crippen molar-refractivity contribution in [3.63, 3.8) is 0 Å². The van der Waals surface area contributed by atoms with Gasteiger partial charge in [0, 0.05) is 30.2 Å². The van der Waals surface area contributed by atoms with Gasteiger partial charge in [-0.2, -0.15) is 0 Å². The minimum atomic E-state index is -0.0664. The Morgan fingerprint density at radius 2 is 2.00 bits per heavy atom. The van der Waals surface area contributed by atoms with Gasteiger partial charge in [0.2, 0.25) is 0 Å². The minimum absolute atomic E-state index is 0. The number of rotatable bonds is 6. The highest BCUT2D eigenvalue weighted by Crippen LogP contribution is 2.25. The largest absolute Gasteiger partial charge is 0.496 e. The third-order valence-electron chi connectivity index (χ3n) is 4.61. The molecule has 2 N–H and O–H groups in total. The van der Waals surface area contributed by atoms with Gasteiger partial charge in [0.25, 0.3) is 0 Å². The number of nitrogens with one attached hydrogen (secondary N) is 2. The standard InChI is InChI=1S/C19H28ClN3O3.HI/c1-4-26-18(24)13-6-9-16(10-7-13)23-19(21-2)22-12-14-5-8-15(20)11-17(14)25-3;/h5,8,11,13,16H,4,6-7,9-10,12H2,1-3H3,(H2,21,22,23);1H. The van der Waals surface area contributed by atoms with E-state index in [1.807, 2.05) is 19.1 Å². The molecule has 1 aliphatic carbocycles. The third kappa shape index (κ3) is 7.37. The van der Waals surface area contributed by atoms with E-state index in [1.165, 1.54) is 0 Å². The highest BCUT2D eigenvalue weighted by molar-refractivity contribution is 14.0. The van der Waals surface area contributed by atoms with Crippen molar-refractivity contribution in [2.45, 2.75) is 45.2 Å². The summed E-state index contributed by atoms with van der Waals surface area (Å²) in [5.41, 5.74) is 1.01. The molecular weight excluding hydrogens is 481 g/mol. The predicted molar refractivity (Wildman–Crippen MR) is 119 cm³/mol. The molecule has 0 spiro atoms. The second kappa shape index (κ2) is 12.3. The zero-order chi connectivity index (χ0) is 18.9. The Labute approximate surface area is 183 Å². The summed E-state index contributed by atoms with van der Waals surface area (Å²) in [5.74, 6) is 1.45. The first-order valence-corrected chi connectivity index (χ1v) is 9.41. The Morgan fingerprint density at radius 1 is 1.30 bits per heavy atom. The number of esters is 1. The van der Waals surface area contributed by atoms with Crippen LogP contribution in [0.5, 0.6) is 5.75 Å². The number of carbonyl (C=O) groups excluding carboxylic acids is 1. The molecule has 1 aromatic rings. The zero-order valence-corrected chi connectivity index (χ0v) is 19.2. The maximum atomic E-state index is 11.8. The van der Waals surface area contributed by atoms with Crippen LogP contribution in [0.4, 0.5) is 0 Å². The smallest absolute Gasteiger partial charge is 0.308 e. The van der Waals surface area contributed by atoms with Crippen molar-refractivity contribution >= 4 is 47.5 Å². The molecule has 0 unspecified atom stereocenters. The lowest BCUT2D eigenvalue weighted by atomic mass is 9.86. The summed E-state index contributed by atoms with van der Waals surface area (Å²) in [5, 5.41) is 7.39. The molecule has 152 valence electrons. The van der Waals surface area contributed by atoms with E-state index in [0.29, 0.717) is 24.2 Å². The molecule has 0 aromatic heterocycles. The number of methoxy groups -OCH3 is 1. The average Bonchev–Trinajstić information content (AvgIpc) is 2.66. The molecule has 0 radical (unpaired) electrons. The van der Waals surface area contributed by atoms with E-state index < -0.39 is 0 Å². The number of aliphatic imine (C=N–C) groups is 1. The summed E-state index contributed by atoms with van der Waals surface area (Å²) in [6.07, 6.45) is 3.54. The van der Waals surface area contributed by atoms with Crippen LogP contribution in [-0.2, 0) is 16.1 Å². The lowest BCUT2D eigenvalue weighted by molar-refractivity contribution is -0.149. The van der Waals surface area contributed by atoms with Gasteiger partial charge in [0.1, 0.15) is 5.75 Å². The molecule has 0 atom stereocenters. The van der Waals surface area contributed by atoms with E-state index in [1.54, 1.807) is 20.2 Å². The molecule has 0 amide bonds. The maximum absolute atomic E-state index is 11.8. The quantitative estimate of drug-likeness (QED) is 0.264. The van der Waals surface area contributed by atoms with E-state index in [0.717, 1.165) is 43.0 Å². The van der Waals surface area contributed by atoms with E-state index >= 15 is 0 Å². The Morgan fingerprint density at radius 3 is 2.59 bits per heavy atom. The minimum Gasteiger partial charge on any atom is -0.496 e. The Bertz CT molecular complexity index is 635. The van der Waals surface area contributed by atoms with E-state index in [2.05, 4.69) is 15.6 Å². The van der Waals surface area contributed by atoms with Gasteiger partial charge in [-0.1, -0.05) is 17.7 Å². The molecule has 0 aliphatic heterocycles. The summed E-state index contributed by atoms with van der Waals surface area (Å²) in [7, 11) is 3.38. The van der Waals surface area contributed by atoms with Crippen LogP contribution >= 0.6 is 35.6 Å². The van der Waals surface area contributed by atoms with Crippen molar-refractivity contribution in [3.05, 3.63) is 28.8 Å². The summed E-state index contributed by atoms with van der Waals surface area (Å²) in [6, 6.07) is 5.88. The topological polar surface area (TPSA) is 72.0 Å². The first-order chi connectivity index (χ1) is 12.6. The van der Waals surface area contributed by atoms with Crippen molar-refractivity contribution < 1.29 is 14.3 Å². The van der Waals surface area contributed by atoms with Crippen LogP contribution < -0.4 is 15.4 Å². The van der Waals surface area contributed by atoms with Gasteiger partial charge in [0.05, 0.1) is 19.6 Å². The fourth-order valence-corrected chi connectivity index (χ4v) is 3.33. The van der Waals surface area contributed by atoms with Crippen LogP contribution in [0.25, 0.3) is 0 Å². The Hall–Kier alpha value is -1.22. The lowest BCUT2D eigenvalue weighted by Gasteiger charge is -2.29. The molecule has 0 heterocycles. The first kappa shape index (κ1) is 23.8. The first-order valence-electron chi connectivity index (χ1n) is 9.03. The fourth-order valence-electron chi connectivity index (χ4n) is 3.16. The SMILES string of the molecule is CCOC(=O)C1CCC(NC(=NC)NCc2ccc(Cl)cc2OC)CC1.I. The van der Waals surface area contributed by atoms with Gasteiger partial charge in [-0.15, -0.1) is 24.0 Å². The molecule has 27 heavy (non-hydrogen) atoms. The second-order valence-electron chi connectivity index (χ2n) is 6.33. The number of guanidine groups is 1. The van der Waals surface area contributed by atoms with E-state index in [-0.39, 0.29) is 35.9 Å². The van der Waals surface area contributed by atoms with Gasteiger partial charge in [-0.25, -0.2) is 0 Å². The van der Waals surface area contributed by atoms with Crippen LogP contribution in [0.3, 0.4) is 0 Å². The van der Waals surface area contributed by atoms with Crippen molar-refractivity contribution in [2.24, 2.45) is 10.9 Å². The number of nitrogens with zero attached hydrogens (tertiary/aromatic N) is 1. The maximum Gasteiger partial charge on any atom is 0.308 e. The molecule has 1 saturated carbocycles. The number of hydrogen-bond donors (Lipinski definition) is 2. The zero-order valence-electron chi connectivity index (χ0n) is 16.1. The average molecular weight is 510 g/mol. The van der Waals surface area contributed by atoms with Crippen LogP contribution in [-0.4, -0.2) is 38.7 Å². The van der Waals surface area contributed by atoms with Crippen LogP contribution in [0.1, 0.15) is 38.2 Å². The Kier molecular flexibility index (Phi) is 10.8. The molecule has 0 bridgehead atoms. The van der Waals surface area contributed by atoms with Crippen LogP contribution in [0.2, 0.25) is 5.02 Å². The molecule has 1 aromatic carbocycles. The van der Waals surface area contributed by atoms with Gasteiger partial charge in [0.15, 0.2) is 5.96 Å². The highest BCUT2D eigenvalue weighted by atomic mass is 127. The molecule has 6 nitrogen and oxygen atoms in total. The van der Waals surface area contributed by atoms with Gasteiger partial charge in [-0.3, -0.25) is 9.79 Å². The molecule has 1 aliphatic rings. The van der Waals surface area contributed by atoms with Crippen LogP contribution in [0.15, 0.2) is 23.2 Å². The van der Waals surface area contributed by atoms with Gasteiger partial charge < -0.3 is 20.1 Å². The molecule has 0 saturated heterocycles. The predicted octanol–water partition coefficient (Wildman–Crippen LogP) is 3.75. The fraction of sp³-hybridized carbons (Fsp3) is 0.579. The summed E-state index contributed by atoms with van der Waals surface area (Å²) >= 11 is 6.00. The molecular formula is C19H29ClIN3O3. The monoisotopic (exact) mass is 509 g/mol. The molecule has 8 heteroatoms. The number of halogens is 2. The summed E-state index contributed by atoms with van der Waals surface area (Å²) in [4.78, 5) is 16.1. The Balaban J connectivity index is 0.00000364. The van der Waals surface area contributed by atoms with Crippen molar-refractivity contribution in [1.29, 1.82) is 0 Å². The summed E-state index contributed by atoms with van der Waals surface area (Å²) in [6.45, 7) is 2.87.